The van der Waals surface area contributed by atoms with E-state index in [1.807, 2.05) is 75.4 Å². The van der Waals surface area contributed by atoms with Gasteiger partial charge in [-0.05, 0) is 53.8 Å². The molecule has 4 rings (SSSR count). The van der Waals surface area contributed by atoms with E-state index in [-0.39, 0.29) is 45.4 Å². The largest absolute Gasteiger partial charge is 0.354 e. The minimum absolute atomic E-state index is 0.00700. The maximum Gasteiger partial charge on any atom is 0.264 e. The number of hydrogen-bond acceptors (Lipinski definition) is 4. The smallest absolute Gasteiger partial charge is 0.264 e. The molecule has 0 radical (unpaired) electrons. The second-order valence-corrected chi connectivity index (χ2v) is 13.8. The first-order valence-electron chi connectivity index (χ1n) is 14.7. The molecule has 10 heteroatoms. The number of halogens is 2. The summed E-state index contributed by atoms with van der Waals surface area (Å²) in [5.41, 5.74) is 2.68. The third kappa shape index (κ3) is 8.66. The van der Waals surface area contributed by atoms with Crippen LogP contribution in [-0.2, 0) is 32.6 Å². The normalized spacial score (nSPS) is 12.0. The van der Waals surface area contributed by atoms with Gasteiger partial charge in [-0.1, -0.05) is 116 Å². The SMILES string of the molecule is Cc1ccccc1CN(C(=O)CN(c1cccc(Cl)c1Cl)S(=O)(=O)c1ccccc1)[C@H](Cc1ccccc1)C(=O)NCC(C)C. The van der Waals surface area contributed by atoms with Gasteiger partial charge in [0.1, 0.15) is 12.6 Å². The second-order valence-electron chi connectivity index (χ2n) is 11.2. The number of sulfonamides is 1. The van der Waals surface area contributed by atoms with Gasteiger partial charge in [0, 0.05) is 19.5 Å². The Balaban J connectivity index is 1.83. The highest BCUT2D eigenvalue weighted by atomic mass is 35.5. The van der Waals surface area contributed by atoms with Gasteiger partial charge in [0.05, 0.1) is 20.6 Å². The molecule has 0 aliphatic rings. The first-order chi connectivity index (χ1) is 21.5. The molecule has 4 aromatic carbocycles. The summed E-state index contributed by atoms with van der Waals surface area (Å²) in [6.45, 7) is 5.80. The average molecular weight is 667 g/mol. The fourth-order valence-electron chi connectivity index (χ4n) is 4.87. The molecule has 0 saturated carbocycles. The number of anilines is 1. The second kappa shape index (κ2) is 15.4. The van der Waals surface area contributed by atoms with Gasteiger partial charge in [-0.3, -0.25) is 13.9 Å². The summed E-state index contributed by atoms with van der Waals surface area (Å²) in [4.78, 5) is 29.9. The van der Waals surface area contributed by atoms with E-state index in [1.165, 1.54) is 23.1 Å². The third-order valence-corrected chi connectivity index (χ3v) is 9.95. The zero-order valence-corrected chi connectivity index (χ0v) is 27.8. The lowest BCUT2D eigenvalue weighted by atomic mass is 10.0. The standard InChI is InChI=1S/C35H37Cl2N3O4S/c1-25(2)22-38-35(42)32(21-27-14-6-4-7-15-27)39(23-28-16-11-10-13-26(28)3)33(41)24-40(31-20-12-19-30(36)34(31)37)45(43,44)29-17-8-5-9-18-29/h4-20,25,32H,21-24H2,1-3H3,(H,38,42)/t32-/m1/s1. The summed E-state index contributed by atoms with van der Waals surface area (Å²) in [5.74, 6) is -0.717. The first-order valence-corrected chi connectivity index (χ1v) is 16.9. The minimum Gasteiger partial charge on any atom is -0.354 e. The monoisotopic (exact) mass is 665 g/mol. The van der Waals surface area contributed by atoms with Gasteiger partial charge >= 0.3 is 0 Å². The van der Waals surface area contributed by atoms with Crippen LogP contribution in [0, 0.1) is 12.8 Å². The number of aryl methyl sites for hydroxylation is 1. The molecule has 0 heterocycles. The molecule has 0 bridgehead atoms. The molecule has 2 amide bonds. The molecular formula is C35H37Cl2N3O4S. The number of rotatable bonds is 13. The number of nitrogens with one attached hydrogen (secondary N) is 1. The Bertz CT molecular complexity index is 1720. The first kappa shape index (κ1) is 34.0. The van der Waals surface area contributed by atoms with Gasteiger partial charge in [0.15, 0.2) is 0 Å². The summed E-state index contributed by atoms with van der Waals surface area (Å²) in [5, 5.41) is 3.13. The molecular weight excluding hydrogens is 629 g/mol. The number of benzene rings is 4. The highest BCUT2D eigenvalue weighted by Gasteiger charge is 2.35. The molecule has 0 aliphatic heterocycles. The molecule has 1 atom stereocenters. The number of nitrogens with zero attached hydrogens (tertiary/aromatic N) is 2. The summed E-state index contributed by atoms with van der Waals surface area (Å²) in [7, 11) is -4.29. The summed E-state index contributed by atoms with van der Waals surface area (Å²) >= 11 is 12.9. The van der Waals surface area contributed by atoms with E-state index < -0.39 is 28.5 Å². The Morgan fingerprint density at radius 1 is 0.822 bits per heavy atom. The average Bonchev–Trinajstić information content (AvgIpc) is 3.03. The molecule has 236 valence electrons. The van der Waals surface area contributed by atoms with Crippen LogP contribution >= 0.6 is 23.2 Å². The number of hydrogen-bond donors (Lipinski definition) is 1. The summed E-state index contributed by atoms with van der Waals surface area (Å²) < 4.78 is 29.2. The van der Waals surface area contributed by atoms with Crippen LogP contribution in [-0.4, -0.2) is 44.3 Å². The van der Waals surface area contributed by atoms with Crippen LogP contribution in [0.3, 0.4) is 0 Å². The van der Waals surface area contributed by atoms with Crippen LogP contribution in [0.2, 0.25) is 10.0 Å². The lowest BCUT2D eigenvalue weighted by Gasteiger charge is -2.34. The number of carbonyl (C=O) groups excluding carboxylic acids is 2. The lowest BCUT2D eigenvalue weighted by molar-refractivity contribution is -0.140. The molecule has 7 nitrogen and oxygen atoms in total. The fourth-order valence-corrected chi connectivity index (χ4v) is 6.76. The van der Waals surface area contributed by atoms with E-state index in [0.717, 1.165) is 21.0 Å². The zero-order valence-electron chi connectivity index (χ0n) is 25.5. The van der Waals surface area contributed by atoms with E-state index in [2.05, 4.69) is 5.32 Å². The molecule has 0 spiro atoms. The molecule has 0 fully saturated rings. The highest BCUT2D eigenvalue weighted by molar-refractivity contribution is 7.92. The molecule has 0 aromatic heterocycles. The van der Waals surface area contributed by atoms with Crippen LogP contribution in [0.5, 0.6) is 0 Å². The van der Waals surface area contributed by atoms with Gasteiger partial charge in [-0.25, -0.2) is 8.42 Å². The van der Waals surface area contributed by atoms with E-state index in [1.54, 1.807) is 30.3 Å². The minimum atomic E-state index is -4.29. The molecule has 45 heavy (non-hydrogen) atoms. The van der Waals surface area contributed by atoms with Crippen LogP contribution in [0.1, 0.15) is 30.5 Å². The fraction of sp³-hybridized carbons (Fsp3) is 0.257. The topological polar surface area (TPSA) is 86.8 Å². The van der Waals surface area contributed by atoms with Gasteiger partial charge in [0.25, 0.3) is 10.0 Å². The summed E-state index contributed by atoms with van der Waals surface area (Å²) in [6.07, 6.45) is 0.228. The zero-order chi connectivity index (χ0) is 32.6. The van der Waals surface area contributed by atoms with Crippen LogP contribution < -0.4 is 9.62 Å². The van der Waals surface area contributed by atoms with Crippen LogP contribution in [0.15, 0.2) is 108 Å². The van der Waals surface area contributed by atoms with Gasteiger partial charge in [0.2, 0.25) is 11.8 Å². The van der Waals surface area contributed by atoms with Crippen molar-refractivity contribution in [3.63, 3.8) is 0 Å². The predicted molar refractivity (Wildman–Crippen MR) is 181 cm³/mol. The Morgan fingerprint density at radius 2 is 1.44 bits per heavy atom. The molecule has 4 aromatic rings. The van der Waals surface area contributed by atoms with Crippen molar-refractivity contribution in [3.8, 4) is 0 Å². The van der Waals surface area contributed by atoms with Gasteiger partial charge in [-0.15, -0.1) is 0 Å². The van der Waals surface area contributed by atoms with Crippen molar-refractivity contribution in [2.45, 2.75) is 44.7 Å². The maximum absolute atomic E-state index is 14.6. The molecule has 0 aliphatic carbocycles. The summed E-state index contributed by atoms with van der Waals surface area (Å²) in [6, 6.07) is 28.5. The van der Waals surface area contributed by atoms with Crippen LogP contribution in [0.25, 0.3) is 0 Å². The van der Waals surface area contributed by atoms with Crippen molar-refractivity contribution < 1.29 is 18.0 Å². The quantitative estimate of drug-likeness (QED) is 0.168. The van der Waals surface area contributed by atoms with E-state index >= 15 is 0 Å². The van der Waals surface area contributed by atoms with Gasteiger partial charge < -0.3 is 10.2 Å². The number of amides is 2. The van der Waals surface area contributed by atoms with Gasteiger partial charge in [-0.2, -0.15) is 0 Å². The van der Waals surface area contributed by atoms with Crippen molar-refractivity contribution in [2.24, 2.45) is 5.92 Å². The van der Waals surface area contributed by atoms with Crippen molar-refractivity contribution in [1.29, 1.82) is 0 Å². The maximum atomic E-state index is 14.6. The van der Waals surface area contributed by atoms with Crippen molar-refractivity contribution in [2.75, 3.05) is 17.4 Å². The van der Waals surface area contributed by atoms with Crippen molar-refractivity contribution >= 4 is 50.7 Å². The predicted octanol–water partition coefficient (Wildman–Crippen LogP) is 6.91. The molecule has 1 N–H and O–H groups in total. The molecule has 0 saturated heterocycles. The Labute approximate surface area is 275 Å². The third-order valence-electron chi connectivity index (χ3n) is 7.37. The Hall–Kier alpha value is -3.85. The van der Waals surface area contributed by atoms with Crippen molar-refractivity contribution in [1.82, 2.24) is 10.2 Å². The van der Waals surface area contributed by atoms with Crippen molar-refractivity contribution in [3.05, 3.63) is 130 Å². The molecule has 0 unspecified atom stereocenters. The lowest BCUT2D eigenvalue weighted by Crippen LogP contribution is -2.53. The van der Waals surface area contributed by atoms with E-state index in [9.17, 15) is 18.0 Å². The van der Waals surface area contributed by atoms with E-state index in [4.69, 9.17) is 23.2 Å². The Morgan fingerprint density at radius 3 is 2.09 bits per heavy atom. The Kier molecular flexibility index (Phi) is 11.7. The van der Waals surface area contributed by atoms with E-state index in [0.29, 0.717) is 6.54 Å². The number of carbonyl (C=O) groups is 2. The van der Waals surface area contributed by atoms with Crippen LogP contribution in [0.4, 0.5) is 5.69 Å². The highest BCUT2D eigenvalue weighted by Crippen LogP contribution is 2.35.